The number of halogens is 1. The van der Waals surface area contributed by atoms with Crippen molar-refractivity contribution in [2.75, 3.05) is 5.32 Å². The first-order chi connectivity index (χ1) is 15.2. The van der Waals surface area contributed by atoms with Gasteiger partial charge in [0.15, 0.2) is 0 Å². The standard InChI is InChI=1S/C25H19BrN4O/c1-15-6-8-16(9-7-15)23-21-22(29-25-27-14-28-30(23)25)19-4-2-3-5-20(19)31-24(21)17-10-12-18(26)13-11-17/h2-14,23-24H,1H3,(H,27,28,29)/t23-,24-/m1/s1. The van der Waals surface area contributed by atoms with Gasteiger partial charge in [0.05, 0.1) is 5.70 Å². The van der Waals surface area contributed by atoms with E-state index in [0.717, 1.165) is 44.1 Å². The number of nitrogens with one attached hydrogen (secondary N) is 1. The number of nitrogens with zero attached hydrogens (tertiary/aromatic N) is 3. The van der Waals surface area contributed by atoms with Gasteiger partial charge in [-0.3, -0.25) is 0 Å². The summed E-state index contributed by atoms with van der Waals surface area (Å²) in [5.74, 6) is 1.59. The van der Waals surface area contributed by atoms with Gasteiger partial charge in [-0.15, -0.1) is 0 Å². The van der Waals surface area contributed by atoms with Crippen molar-refractivity contribution in [3.05, 3.63) is 111 Å². The zero-order valence-electron chi connectivity index (χ0n) is 16.8. The lowest BCUT2D eigenvalue weighted by atomic mass is 9.84. The molecule has 2 aliphatic rings. The Morgan fingerprint density at radius 2 is 1.68 bits per heavy atom. The summed E-state index contributed by atoms with van der Waals surface area (Å²) in [5, 5.41) is 8.11. The zero-order valence-corrected chi connectivity index (χ0v) is 18.4. The Labute approximate surface area is 188 Å². The lowest BCUT2D eigenvalue weighted by Crippen LogP contribution is -2.32. The van der Waals surface area contributed by atoms with E-state index in [1.165, 1.54) is 5.56 Å². The van der Waals surface area contributed by atoms with Crippen LogP contribution in [-0.2, 0) is 0 Å². The molecule has 0 aliphatic carbocycles. The van der Waals surface area contributed by atoms with E-state index in [-0.39, 0.29) is 12.1 Å². The fourth-order valence-corrected chi connectivity index (χ4v) is 4.66. The minimum atomic E-state index is -0.255. The molecule has 0 fully saturated rings. The molecule has 2 aliphatic heterocycles. The molecule has 3 heterocycles. The molecule has 3 aromatic carbocycles. The highest BCUT2D eigenvalue weighted by molar-refractivity contribution is 9.10. The molecule has 6 rings (SSSR count). The van der Waals surface area contributed by atoms with E-state index in [4.69, 9.17) is 4.74 Å². The summed E-state index contributed by atoms with van der Waals surface area (Å²) in [4.78, 5) is 4.48. The highest BCUT2D eigenvalue weighted by atomic mass is 79.9. The SMILES string of the molecule is Cc1ccc([C@@H]2C3=C(Nc4ncnn42)c2ccccc2O[C@@H]3c2ccc(Br)cc2)cc1. The molecule has 152 valence electrons. The van der Waals surface area contributed by atoms with Gasteiger partial charge >= 0.3 is 0 Å². The van der Waals surface area contributed by atoms with Crippen molar-refractivity contribution >= 4 is 27.6 Å². The molecule has 1 N–H and O–H groups in total. The summed E-state index contributed by atoms with van der Waals surface area (Å²) >= 11 is 3.55. The summed E-state index contributed by atoms with van der Waals surface area (Å²) in [7, 11) is 0. The molecule has 4 aromatic rings. The van der Waals surface area contributed by atoms with Gasteiger partial charge in [0.2, 0.25) is 5.95 Å². The number of benzene rings is 3. The largest absolute Gasteiger partial charge is 0.480 e. The van der Waals surface area contributed by atoms with Gasteiger partial charge in [-0.25, -0.2) is 4.68 Å². The lowest BCUT2D eigenvalue weighted by molar-refractivity contribution is 0.223. The van der Waals surface area contributed by atoms with Gasteiger partial charge < -0.3 is 10.1 Å². The molecule has 1 aromatic heterocycles. The third-order valence-electron chi connectivity index (χ3n) is 5.89. The van der Waals surface area contributed by atoms with Crippen LogP contribution in [0.3, 0.4) is 0 Å². The summed E-state index contributed by atoms with van der Waals surface area (Å²) in [6, 6.07) is 25.0. The Hall–Kier alpha value is -3.38. The van der Waals surface area contributed by atoms with Crippen molar-refractivity contribution in [2.45, 2.75) is 19.1 Å². The molecule has 6 heteroatoms. The maximum absolute atomic E-state index is 6.62. The van der Waals surface area contributed by atoms with Crippen molar-refractivity contribution in [1.29, 1.82) is 0 Å². The van der Waals surface area contributed by atoms with Crippen LogP contribution in [0.2, 0.25) is 0 Å². The van der Waals surface area contributed by atoms with Crippen LogP contribution in [0.1, 0.15) is 34.4 Å². The van der Waals surface area contributed by atoms with E-state index in [2.05, 4.69) is 92.9 Å². The first-order valence-corrected chi connectivity index (χ1v) is 11.0. The van der Waals surface area contributed by atoms with E-state index in [1.54, 1.807) is 6.33 Å². The Balaban J connectivity index is 1.62. The number of rotatable bonds is 2. The maximum Gasteiger partial charge on any atom is 0.226 e. The molecule has 0 bridgehead atoms. The number of anilines is 1. The van der Waals surface area contributed by atoms with Gasteiger partial charge in [-0.2, -0.15) is 10.1 Å². The molecule has 2 atom stereocenters. The van der Waals surface area contributed by atoms with E-state index in [0.29, 0.717) is 0 Å². The highest BCUT2D eigenvalue weighted by Crippen LogP contribution is 2.50. The number of para-hydroxylation sites is 1. The van der Waals surface area contributed by atoms with Crippen molar-refractivity contribution < 1.29 is 4.74 Å². The minimum Gasteiger partial charge on any atom is -0.480 e. The Morgan fingerprint density at radius 1 is 0.935 bits per heavy atom. The molecular formula is C25H19BrN4O. The second kappa shape index (κ2) is 7.10. The molecule has 0 unspecified atom stereocenters. The Kier molecular flexibility index (Phi) is 4.21. The maximum atomic E-state index is 6.62. The van der Waals surface area contributed by atoms with Crippen molar-refractivity contribution in [1.82, 2.24) is 14.8 Å². The fraction of sp³-hybridized carbons (Fsp3) is 0.120. The van der Waals surface area contributed by atoms with Crippen LogP contribution in [0.25, 0.3) is 5.70 Å². The summed E-state index contributed by atoms with van der Waals surface area (Å²) in [5.41, 5.74) is 6.67. The van der Waals surface area contributed by atoms with Crippen molar-refractivity contribution in [3.63, 3.8) is 0 Å². The first kappa shape index (κ1) is 18.4. The fourth-order valence-electron chi connectivity index (χ4n) is 4.40. The topological polar surface area (TPSA) is 52.0 Å². The van der Waals surface area contributed by atoms with Gasteiger partial charge in [0, 0.05) is 15.6 Å². The van der Waals surface area contributed by atoms with Crippen LogP contribution in [0.15, 0.2) is 89.2 Å². The monoisotopic (exact) mass is 470 g/mol. The molecule has 0 amide bonds. The first-order valence-electron chi connectivity index (χ1n) is 10.2. The van der Waals surface area contributed by atoms with Crippen LogP contribution in [-0.4, -0.2) is 14.8 Å². The Bertz CT molecular complexity index is 1310. The third kappa shape index (κ3) is 2.98. The van der Waals surface area contributed by atoms with Crippen LogP contribution >= 0.6 is 15.9 Å². The van der Waals surface area contributed by atoms with E-state index in [1.807, 2.05) is 22.9 Å². The predicted octanol–water partition coefficient (Wildman–Crippen LogP) is 5.91. The van der Waals surface area contributed by atoms with Crippen LogP contribution in [0.5, 0.6) is 5.75 Å². The number of fused-ring (bicyclic) bond motifs is 3. The van der Waals surface area contributed by atoms with Crippen LogP contribution < -0.4 is 10.1 Å². The number of aromatic nitrogens is 3. The summed E-state index contributed by atoms with van der Waals surface area (Å²) < 4.78 is 9.61. The quantitative estimate of drug-likeness (QED) is 0.395. The zero-order chi connectivity index (χ0) is 20.9. The van der Waals surface area contributed by atoms with Crippen molar-refractivity contribution in [3.8, 4) is 5.75 Å². The molecule has 0 saturated carbocycles. The van der Waals surface area contributed by atoms with E-state index < -0.39 is 0 Å². The summed E-state index contributed by atoms with van der Waals surface area (Å²) in [6.07, 6.45) is 1.35. The second-order valence-corrected chi connectivity index (χ2v) is 8.76. The number of aryl methyl sites for hydroxylation is 1. The lowest BCUT2D eigenvalue weighted by Gasteiger charge is -2.39. The van der Waals surface area contributed by atoms with Gasteiger partial charge in [0.25, 0.3) is 0 Å². The van der Waals surface area contributed by atoms with E-state index >= 15 is 0 Å². The number of ether oxygens (including phenoxy) is 1. The molecule has 0 saturated heterocycles. The van der Waals surface area contributed by atoms with Crippen LogP contribution in [0, 0.1) is 6.92 Å². The Morgan fingerprint density at radius 3 is 2.48 bits per heavy atom. The van der Waals surface area contributed by atoms with Gasteiger partial charge in [-0.1, -0.05) is 70.0 Å². The highest BCUT2D eigenvalue weighted by Gasteiger charge is 2.40. The molecule has 31 heavy (non-hydrogen) atoms. The average molecular weight is 471 g/mol. The minimum absolute atomic E-state index is 0.128. The number of hydrogen-bond donors (Lipinski definition) is 1. The smallest absolute Gasteiger partial charge is 0.226 e. The average Bonchev–Trinajstić information content (AvgIpc) is 3.27. The van der Waals surface area contributed by atoms with Crippen molar-refractivity contribution in [2.24, 2.45) is 0 Å². The molecule has 5 nitrogen and oxygen atoms in total. The molecular weight excluding hydrogens is 452 g/mol. The summed E-state index contributed by atoms with van der Waals surface area (Å²) in [6.45, 7) is 2.10. The van der Waals surface area contributed by atoms with Gasteiger partial charge in [-0.05, 0) is 42.3 Å². The third-order valence-corrected chi connectivity index (χ3v) is 6.42. The molecule has 0 radical (unpaired) electrons. The normalized spacial score (nSPS) is 19.0. The van der Waals surface area contributed by atoms with E-state index in [9.17, 15) is 0 Å². The second-order valence-electron chi connectivity index (χ2n) is 7.84. The van der Waals surface area contributed by atoms with Crippen LogP contribution in [0.4, 0.5) is 5.95 Å². The predicted molar refractivity (Wildman–Crippen MR) is 124 cm³/mol. The van der Waals surface area contributed by atoms with Gasteiger partial charge in [0.1, 0.15) is 24.2 Å². The molecule has 0 spiro atoms. The number of hydrogen-bond acceptors (Lipinski definition) is 4.